The molecule has 84 valence electrons. The first-order valence-electron chi connectivity index (χ1n) is 4.89. The fourth-order valence-corrected chi connectivity index (χ4v) is 2.43. The Hall–Kier alpha value is -1.14. The molecule has 1 amide bonds. The fourth-order valence-electron chi connectivity index (χ4n) is 1.40. The number of hydrogen-bond acceptors (Lipinski definition) is 4. The molecule has 16 heavy (non-hydrogen) atoms. The van der Waals surface area contributed by atoms with E-state index >= 15 is 0 Å². The summed E-state index contributed by atoms with van der Waals surface area (Å²) in [4.78, 5) is 12.1. The lowest BCUT2D eigenvalue weighted by Gasteiger charge is -1.91. The number of thioether (sulfide) groups is 1. The number of hydrogen-bond donors (Lipinski definition) is 1. The summed E-state index contributed by atoms with van der Waals surface area (Å²) in [5.41, 5.74) is 1.88. The molecular weight excluding hydrogens is 242 g/mol. The molecule has 1 fully saturated rings. The van der Waals surface area contributed by atoms with Crippen LogP contribution in [0.1, 0.15) is 18.2 Å². The maximum Gasteiger partial charge on any atom is 0.263 e. The van der Waals surface area contributed by atoms with Crippen LogP contribution >= 0.6 is 24.0 Å². The summed E-state index contributed by atoms with van der Waals surface area (Å²) >= 11 is 6.21. The molecule has 0 bridgehead atoms. The van der Waals surface area contributed by atoms with Gasteiger partial charge in [-0.1, -0.05) is 24.0 Å². The molecule has 0 saturated carbocycles. The van der Waals surface area contributed by atoms with Gasteiger partial charge in [-0.2, -0.15) is 5.10 Å². The molecule has 1 aliphatic rings. The van der Waals surface area contributed by atoms with Gasteiger partial charge < -0.3 is 5.32 Å². The van der Waals surface area contributed by atoms with Gasteiger partial charge in [-0.05, 0) is 19.9 Å². The minimum absolute atomic E-state index is 0.126. The number of carbonyl (C=O) groups excluding carboxylic acids is 1. The van der Waals surface area contributed by atoms with E-state index in [2.05, 4.69) is 10.4 Å². The number of carbonyl (C=O) groups is 1. The van der Waals surface area contributed by atoms with Gasteiger partial charge in [0, 0.05) is 18.3 Å². The van der Waals surface area contributed by atoms with Crippen LogP contribution in [-0.2, 0) is 11.3 Å². The molecular formula is C10H11N3OS2. The van der Waals surface area contributed by atoms with Gasteiger partial charge in [0.15, 0.2) is 0 Å². The van der Waals surface area contributed by atoms with Crippen molar-refractivity contribution in [2.45, 2.75) is 20.4 Å². The van der Waals surface area contributed by atoms with E-state index in [4.69, 9.17) is 12.2 Å². The quantitative estimate of drug-likeness (QED) is 0.644. The lowest BCUT2D eigenvalue weighted by atomic mass is 10.2. The number of rotatable bonds is 2. The molecule has 4 nitrogen and oxygen atoms in total. The Labute approximate surface area is 103 Å². The minimum atomic E-state index is -0.126. The molecule has 1 aromatic heterocycles. The summed E-state index contributed by atoms with van der Waals surface area (Å²) in [6.07, 6.45) is 3.76. The second-order valence-electron chi connectivity index (χ2n) is 3.38. The highest BCUT2D eigenvalue weighted by atomic mass is 32.2. The first-order chi connectivity index (χ1) is 7.60. The maximum atomic E-state index is 11.5. The maximum absolute atomic E-state index is 11.5. The zero-order valence-corrected chi connectivity index (χ0v) is 10.6. The van der Waals surface area contributed by atoms with E-state index in [1.54, 1.807) is 0 Å². The number of nitrogens with zero attached hydrogens (tertiary/aromatic N) is 2. The van der Waals surface area contributed by atoms with E-state index in [9.17, 15) is 4.79 Å². The van der Waals surface area contributed by atoms with Gasteiger partial charge >= 0.3 is 0 Å². The number of aromatic nitrogens is 2. The number of amides is 1. The molecule has 0 aliphatic carbocycles. The number of nitrogens with one attached hydrogen (secondary N) is 1. The van der Waals surface area contributed by atoms with Crippen molar-refractivity contribution >= 4 is 40.3 Å². The van der Waals surface area contributed by atoms with Crippen molar-refractivity contribution in [1.82, 2.24) is 15.1 Å². The molecule has 0 atom stereocenters. The van der Waals surface area contributed by atoms with Crippen LogP contribution < -0.4 is 5.32 Å². The van der Waals surface area contributed by atoms with Crippen LogP contribution in [0.2, 0.25) is 0 Å². The van der Waals surface area contributed by atoms with Crippen molar-refractivity contribution in [2.75, 3.05) is 0 Å². The highest BCUT2D eigenvalue weighted by molar-refractivity contribution is 8.26. The largest absolute Gasteiger partial charge is 0.307 e. The smallest absolute Gasteiger partial charge is 0.263 e. The van der Waals surface area contributed by atoms with E-state index in [0.29, 0.717) is 9.23 Å². The van der Waals surface area contributed by atoms with Crippen molar-refractivity contribution < 1.29 is 4.79 Å². The molecule has 2 heterocycles. The zero-order chi connectivity index (χ0) is 11.7. The average Bonchev–Trinajstić information content (AvgIpc) is 2.72. The lowest BCUT2D eigenvalue weighted by molar-refractivity contribution is -0.115. The van der Waals surface area contributed by atoms with E-state index in [-0.39, 0.29) is 5.91 Å². The summed E-state index contributed by atoms with van der Waals surface area (Å²) in [5, 5.41) is 6.90. The second-order valence-corrected chi connectivity index (χ2v) is 5.10. The van der Waals surface area contributed by atoms with Crippen LogP contribution in [0.25, 0.3) is 6.08 Å². The van der Waals surface area contributed by atoms with Gasteiger partial charge in [0.2, 0.25) is 0 Å². The van der Waals surface area contributed by atoms with Gasteiger partial charge in [-0.25, -0.2) is 0 Å². The van der Waals surface area contributed by atoms with Crippen LogP contribution in [0.3, 0.4) is 0 Å². The van der Waals surface area contributed by atoms with Crippen molar-refractivity contribution in [1.29, 1.82) is 0 Å². The third kappa shape index (κ3) is 2.17. The molecule has 0 spiro atoms. The first-order valence-corrected chi connectivity index (χ1v) is 6.11. The van der Waals surface area contributed by atoms with Gasteiger partial charge in [-0.15, -0.1) is 0 Å². The van der Waals surface area contributed by atoms with E-state index in [1.165, 1.54) is 11.8 Å². The van der Waals surface area contributed by atoms with Gasteiger partial charge in [-0.3, -0.25) is 9.48 Å². The molecule has 6 heteroatoms. The van der Waals surface area contributed by atoms with Crippen LogP contribution in [0.5, 0.6) is 0 Å². The first kappa shape index (κ1) is 11.3. The number of thiocarbonyl (C=S) groups is 1. The average molecular weight is 253 g/mol. The van der Waals surface area contributed by atoms with Gasteiger partial charge in [0.1, 0.15) is 4.32 Å². The molecule has 0 radical (unpaired) electrons. The Morgan fingerprint density at radius 3 is 2.94 bits per heavy atom. The second kappa shape index (κ2) is 4.39. The van der Waals surface area contributed by atoms with Crippen molar-refractivity contribution in [3.63, 3.8) is 0 Å². The van der Waals surface area contributed by atoms with Crippen molar-refractivity contribution in [3.8, 4) is 0 Å². The third-order valence-electron chi connectivity index (χ3n) is 2.24. The summed E-state index contributed by atoms with van der Waals surface area (Å²) in [5.74, 6) is -0.126. The Bertz CT molecular complexity index is 490. The summed E-state index contributed by atoms with van der Waals surface area (Å²) < 4.78 is 2.36. The summed E-state index contributed by atoms with van der Waals surface area (Å²) in [7, 11) is 0. The normalized spacial score (nSPS) is 18.2. The van der Waals surface area contributed by atoms with Crippen LogP contribution in [0.4, 0.5) is 0 Å². The summed E-state index contributed by atoms with van der Waals surface area (Å²) in [6.45, 7) is 4.77. The van der Waals surface area contributed by atoms with E-state index < -0.39 is 0 Å². The predicted octanol–water partition coefficient (Wildman–Crippen LogP) is 1.70. The van der Waals surface area contributed by atoms with Crippen LogP contribution in [-0.4, -0.2) is 20.0 Å². The molecule has 0 unspecified atom stereocenters. The Morgan fingerprint density at radius 2 is 2.44 bits per heavy atom. The SMILES string of the molecule is CCn1cc(C=C2SC(=S)NC2=O)c(C)n1. The van der Waals surface area contributed by atoms with E-state index in [1.807, 2.05) is 30.8 Å². The summed E-state index contributed by atoms with van der Waals surface area (Å²) in [6, 6.07) is 0. The van der Waals surface area contributed by atoms with Crippen LogP contribution in [0, 0.1) is 6.92 Å². The lowest BCUT2D eigenvalue weighted by Crippen LogP contribution is -2.17. The molecule has 1 N–H and O–H groups in total. The van der Waals surface area contributed by atoms with Crippen LogP contribution in [0.15, 0.2) is 11.1 Å². The third-order valence-corrected chi connectivity index (χ3v) is 3.40. The number of aryl methyl sites for hydroxylation is 2. The van der Waals surface area contributed by atoms with Gasteiger partial charge in [0.25, 0.3) is 5.91 Å². The molecule has 2 rings (SSSR count). The molecule has 1 saturated heterocycles. The Morgan fingerprint density at radius 1 is 1.69 bits per heavy atom. The minimum Gasteiger partial charge on any atom is -0.307 e. The topological polar surface area (TPSA) is 46.9 Å². The highest BCUT2D eigenvalue weighted by Crippen LogP contribution is 2.26. The van der Waals surface area contributed by atoms with E-state index in [0.717, 1.165) is 17.8 Å². The fraction of sp³-hybridized carbons (Fsp3) is 0.300. The Balaban J connectivity index is 2.32. The standard InChI is InChI=1S/C10H11N3OS2/c1-3-13-5-7(6(2)12-13)4-8-9(14)11-10(15)16-8/h4-5H,3H2,1-2H3,(H,11,14,15). The molecule has 1 aliphatic heterocycles. The monoisotopic (exact) mass is 253 g/mol. The molecule has 0 aromatic carbocycles. The van der Waals surface area contributed by atoms with Crippen molar-refractivity contribution in [3.05, 3.63) is 22.4 Å². The zero-order valence-electron chi connectivity index (χ0n) is 8.98. The van der Waals surface area contributed by atoms with Gasteiger partial charge in [0.05, 0.1) is 10.6 Å². The van der Waals surface area contributed by atoms with Crippen molar-refractivity contribution in [2.24, 2.45) is 0 Å². The molecule has 1 aromatic rings. The highest BCUT2D eigenvalue weighted by Gasteiger charge is 2.22. The Kier molecular flexibility index (Phi) is 3.11. The predicted molar refractivity (Wildman–Crippen MR) is 68.9 cm³/mol.